The molecule has 2 aromatic heterocycles. The van der Waals surface area contributed by atoms with E-state index in [1.165, 1.54) is 24.3 Å². The molecule has 13 nitrogen and oxygen atoms in total. The number of phenolic OH excluding ortho intramolecular Hbond substituents is 2. The molecule has 0 atom stereocenters. The first-order valence-electron chi connectivity index (χ1n) is 18.4. The number of ether oxygens (including phenoxy) is 2. The molecule has 0 fully saturated rings. The average Bonchev–Trinajstić information content (AvgIpc) is 3.93. The topological polar surface area (TPSA) is 177 Å². The summed E-state index contributed by atoms with van der Waals surface area (Å²) in [6, 6.07) is 29.9. The van der Waals surface area contributed by atoms with Crippen LogP contribution in [0.4, 0.5) is 0 Å². The zero-order valence-electron chi connectivity index (χ0n) is 30.5. The zero-order valence-corrected chi connectivity index (χ0v) is 31.2. The van der Waals surface area contributed by atoms with Crippen molar-refractivity contribution in [3.05, 3.63) is 153 Å². The Bertz CT molecular complexity index is 2640. The number of phenols is 2. The highest BCUT2D eigenvalue weighted by Crippen LogP contribution is 2.57. The van der Waals surface area contributed by atoms with E-state index >= 15 is 0 Å². The number of tetrazole rings is 1. The SMILES string of the molecule is CCCCc1nc(Cl)c(CNC(=O)c2ccc3c(c2)C2(OC3=O)c3ccc(O)cc3Oc3cc(O)ccc32)n1Cc1ccc(-c2ccccc2-c2nn[nH]n2)cc1. The summed E-state index contributed by atoms with van der Waals surface area (Å²) in [4.78, 5) is 32.1. The fourth-order valence-corrected chi connectivity index (χ4v) is 7.94. The molecule has 4 heterocycles. The number of nitrogens with one attached hydrogen (secondary N) is 2. The standard InChI is InChI=1S/C43H34ClN7O6/c1-2-3-8-38-46-39(44)35(51(38)23-24-9-11-25(12-10-24)29-6-4-5-7-30(29)40-47-49-50-48-40)22-45-41(54)26-13-16-31-34(19-26)43(57-42(31)55)32-17-14-27(52)20-36(32)56-37-21-28(53)15-18-33(37)43/h4-7,9-21,52-53H,2-3,8,22-23H2,1H3,(H,45,54)(H,47,48,49,50). The molecule has 7 aromatic rings. The van der Waals surface area contributed by atoms with E-state index in [9.17, 15) is 19.8 Å². The van der Waals surface area contributed by atoms with Crippen LogP contribution in [0.15, 0.2) is 103 Å². The number of carbonyl (C=O) groups is 2. The Morgan fingerprint density at radius 1 is 0.877 bits per heavy atom. The van der Waals surface area contributed by atoms with E-state index < -0.39 is 17.5 Å². The lowest BCUT2D eigenvalue weighted by Crippen LogP contribution is -2.33. The minimum Gasteiger partial charge on any atom is -0.508 e. The van der Waals surface area contributed by atoms with Crippen LogP contribution in [0.3, 0.4) is 0 Å². The van der Waals surface area contributed by atoms with Crippen molar-refractivity contribution in [2.45, 2.75) is 44.9 Å². The first-order chi connectivity index (χ1) is 27.7. The van der Waals surface area contributed by atoms with Gasteiger partial charge in [-0.2, -0.15) is 5.21 Å². The van der Waals surface area contributed by atoms with Crippen molar-refractivity contribution < 1.29 is 29.3 Å². The van der Waals surface area contributed by atoms with Gasteiger partial charge < -0.3 is 29.6 Å². The summed E-state index contributed by atoms with van der Waals surface area (Å²) >= 11 is 6.80. The van der Waals surface area contributed by atoms with Crippen molar-refractivity contribution >= 4 is 23.5 Å². The molecule has 0 saturated heterocycles. The van der Waals surface area contributed by atoms with Crippen LogP contribution in [0, 0.1) is 0 Å². The number of fused-ring (bicyclic) bond motifs is 6. The smallest absolute Gasteiger partial charge is 0.340 e. The summed E-state index contributed by atoms with van der Waals surface area (Å²) in [6.07, 6.45) is 2.60. The number of imidazole rings is 1. The number of rotatable bonds is 10. The second-order valence-corrected chi connectivity index (χ2v) is 14.3. The van der Waals surface area contributed by atoms with Crippen LogP contribution in [0.25, 0.3) is 22.5 Å². The number of halogens is 1. The highest BCUT2D eigenvalue weighted by molar-refractivity contribution is 6.30. The fourth-order valence-electron chi connectivity index (χ4n) is 7.67. The molecule has 14 heteroatoms. The number of aromatic amines is 1. The number of aromatic hydroxyl groups is 2. The Kier molecular flexibility index (Phi) is 8.93. The van der Waals surface area contributed by atoms with Crippen LogP contribution in [0.2, 0.25) is 5.15 Å². The molecule has 0 bridgehead atoms. The quantitative estimate of drug-likeness (QED) is 0.101. The van der Waals surface area contributed by atoms with E-state index in [4.69, 9.17) is 26.1 Å². The maximum Gasteiger partial charge on any atom is 0.340 e. The Morgan fingerprint density at radius 3 is 2.28 bits per heavy atom. The molecule has 0 radical (unpaired) electrons. The lowest BCUT2D eigenvalue weighted by atomic mass is 9.77. The first kappa shape index (κ1) is 35.7. The molecule has 9 rings (SSSR count). The number of H-pyrrole nitrogens is 1. The van der Waals surface area contributed by atoms with Crippen molar-refractivity contribution in [2.24, 2.45) is 0 Å². The van der Waals surface area contributed by atoms with Gasteiger partial charge in [-0.1, -0.05) is 73.5 Å². The van der Waals surface area contributed by atoms with Gasteiger partial charge in [0.25, 0.3) is 5.91 Å². The van der Waals surface area contributed by atoms with Gasteiger partial charge in [-0.15, -0.1) is 10.2 Å². The number of nitrogens with zero attached hydrogens (tertiary/aromatic N) is 5. The predicted octanol–water partition coefficient (Wildman–Crippen LogP) is 7.68. The second kappa shape index (κ2) is 14.3. The number of aryl methyl sites for hydroxylation is 1. The third kappa shape index (κ3) is 6.22. The van der Waals surface area contributed by atoms with Gasteiger partial charge in [-0.3, -0.25) is 4.79 Å². The van der Waals surface area contributed by atoms with Gasteiger partial charge in [0.05, 0.1) is 17.8 Å². The van der Waals surface area contributed by atoms with Gasteiger partial charge in [0.1, 0.15) is 28.8 Å². The summed E-state index contributed by atoms with van der Waals surface area (Å²) in [5.74, 6) is 0.722. The molecular weight excluding hydrogens is 746 g/mol. The third-order valence-corrected chi connectivity index (χ3v) is 10.7. The van der Waals surface area contributed by atoms with Crippen LogP contribution in [0.5, 0.6) is 23.0 Å². The van der Waals surface area contributed by atoms with E-state index in [0.717, 1.165) is 40.9 Å². The molecule has 5 aromatic carbocycles. The maximum atomic E-state index is 14.0. The summed E-state index contributed by atoms with van der Waals surface area (Å²) in [7, 11) is 0. The first-order valence-corrected chi connectivity index (χ1v) is 18.8. The molecule has 2 aliphatic heterocycles. The molecule has 2 aliphatic rings. The normalized spacial score (nSPS) is 13.4. The number of benzene rings is 5. The molecule has 1 spiro atoms. The van der Waals surface area contributed by atoms with Crippen LogP contribution in [0.1, 0.15) is 74.3 Å². The number of unbranched alkanes of at least 4 members (excludes halogenated alkanes) is 1. The van der Waals surface area contributed by atoms with E-state index in [2.05, 4.69) is 61.7 Å². The van der Waals surface area contributed by atoms with Gasteiger partial charge in [0.2, 0.25) is 5.82 Å². The largest absolute Gasteiger partial charge is 0.508 e. The van der Waals surface area contributed by atoms with Crippen LogP contribution < -0.4 is 10.1 Å². The lowest BCUT2D eigenvalue weighted by Gasteiger charge is -2.36. The van der Waals surface area contributed by atoms with Crippen molar-refractivity contribution in [1.82, 2.24) is 35.5 Å². The summed E-state index contributed by atoms with van der Waals surface area (Å²) in [6.45, 7) is 2.68. The molecule has 0 aliphatic carbocycles. The molecule has 284 valence electrons. The van der Waals surface area contributed by atoms with Crippen molar-refractivity contribution in [3.63, 3.8) is 0 Å². The third-order valence-electron chi connectivity index (χ3n) is 10.4. The summed E-state index contributed by atoms with van der Waals surface area (Å²) < 4.78 is 14.3. The second-order valence-electron chi connectivity index (χ2n) is 13.9. The van der Waals surface area contributed by atoms with Crippen LogP contribution in [-0.4, -0.2) is 52.3 Å². The van der Waals surface area contributed by atoms with Gasteiger partial charge >= 0.3 is 5.97 Å². The maximum absolute atomic E-state index is 14.0. The minimum absolute atomic E-state index is 0.0549. The van der Waals surface area contributed by atoms with E-state index in [1.807, 2.05) is 24.3 Å². The van der Waals surface area contributed by atoms with E-state index in [0.29, 0.717) is 46.3 Å². The molecule has 0 saturated carbocycles. The zero-order chi connectivity index (χ0) is 39.3. The number of carbonyl (C=O) groups excluding carboxylic acids is 2. The molecule has 57 heavy (non-hydrogen) atoms. The lowest BCUT2D eigenvalue weighted by molar-refractivity contribution is 0.0224. The van der Waals surface area contributed by atoms with E-state index in [-0.39, 0.29) is 40.7 Å². The van der Waals surface area contributed by atoms with Crippen LogP contribution in [-0.2, 0) is 29.8 Å². The van der Waals surface area contributed by atoms with Gasteiger partial charge in [0.15, 0.2) is 10.8 Å². The predicted molar refractivity (Wildman–Crippen MR) is 209 cm³/mol. The van der Waals surface area contributed by atoms with Gasteiger partial charge in [-0.05, 0) is 70.8 Å². The van der Waals surface area contributed by atoms with E-state index in [1.54, 1.807) is 30.3 Å². The molecule has 1 amide bonds. The Hall–Kier alpha value is -6.99. The monoisotopic (exact) mass is 779 g/mol. The number of esters is 1. The average molecular weight is 780 g/mol. The van der Waals surface area contributed by atoms with Crippen molar-refractivity contribution in [1.29, 1.82) is 0 Å². The van der Waals surface area contributed by atoms with Gasteiger partial charge in [-0.25, -0.2) is 9.78 Å². The number of amides is 1. The fraction of sp³-hybridized carbons (Fsp3) is 0.163. The number of hydrogen-bond acceptors (Lipinski definition) is 10. The van der Waals surface area contributed by atoms with Crippen molar-refractivity contribution in [2.75, 3.05) is 0 Å². The van der Waals surface area contributed by atoms with Crippen LogP contribution >= 0.6 is 11.6 Å². The minimum atomic E-state index is -1.51. The Labute approximate surface area is 330 Å². The molecule has 0 unspecified atom stereocenters. The molecular formula is C43H34ClN7O6. The Morgan fingerprint density at radius 2 is 1.60 bits per heavy atom. The number of aromatic nitrogens is 6. The highest BCUT2D eigenvalue weighted by Gasteiger charge is 2.54. The summed E-state index contributed by atoms with van der Waals surface area (Å²) in [5, 5.41) is 38.5. The molecule has 4 N–H and O–H groups in total. The van der Waals surface area contributed by atoms with Gasteiger partial charge in [0, 0.05) is 52.9 Å². The van der Waals surface area contributed by atoms with Crippen molar-refractivity contribution in [3.8, 4) is 45.5 Å². The Balaban J connectivity index is 1.01. The number of hydrogen-bond donors (Lipinski definition) is 4. The highest BCUT2D eigenvalue weighted by atomic mass is 35.5. The summed E-state index contributed by atoms with van der Waals surface area (Å²) in [5.41, 5.74) is 4.90.